The van der Waals surface area contributed by atoms with Crippen LogP contribution in [0.3, 0.4) is 0 Å². The Hall–Kier alpha value is -0.640. The van der Waals surface area contributed by atoms with Gasteiger partial charge in [-0.25, -0.2) is 4.39 Å². The molecular formula is C17H26ClFN2. The first kappa shape index (κ1) is 16.7. The van der Waals surface area contributed by atoms with Gasteiger partial charge < -0.3 is 10.2 Å². The van der Waals surface area contributed by atoms with Crippen molar-refractivity contribution in [3.05, 3.63) is 35.6 Å². The second-order valence-electron chi connectivity index (χ2n) is 6.77. The molecule has 2 heterocycles. The monoisotopic (exact) mass is 312 g/mol. The van der Waals surface area contributed by atoms with Gasteiger partial charge in [-0.05, 0) is 62.5 Å². The SMILES string of the molecule is CC1(c2ccc(F)cc2)CCN(CC2CCCNC2)C1.Cl. The van der Waals surface area contributed by atoms with Crippen LogP contribution in [0, 0.1) is 11.7 Å². The number of likely N-dealkylation sites (tertiary alicyclic amines) is 1. The van der Waals surface area contributed by atoms with E-state index in [9.17, 15) is 4.39 Å². The van der Waals surface area contributed by atoms with E-state index in [1.807, 2.05) is 12.1 Å². The normalized spacial score (nSPS) is 30.1. The van der Waals surface area contributed by atoms with Crippen LogP contribution in [0.1, 0.15) is 31.7 Å². The molecule has 4 heteroatoms. The third-order valence-corrected chi connectivity index (χ3v) is 5.01. The van der Waals surface area contributed by atoms with Crippen LogP contribution < -0.4 is 5.32 Å². The molecule has 0 spiro atoms. The van der Waals surface area contributed by atoms with Crippen molar-refractivity contribution in [2.24, 2.45) is 5.92 Å². The van der Waals surface area contributed by atoms with E-state index in [0.29, 0.717) is 0 Å². The molecule has 2 saturated heterocycles. The molecule has 2 aliphatic rings. The molecule has 1 N–H and O–H groups in total. The van der Waals surface area contributed by atoms with E-state index in [4.69, 9.17) is 0 Å². The van der Waals surface area contributed by atoms with Gasteiger partial charge in [0.05, 0.1) is 0 Å². The van der Waals surface area contributed by atoms with Crippen molar-refractivity contribution >= 4 is 12.4 Å². The Morgan fingerprint density at radius 2 is 2.10 bits per heavy atom. The lowest BCUT2D eigenvalue weighted by molar-refractivity contribution is 0.234. The minimum atomic E-state index is -0.138. The molecule has 2 unspecified atom stereocenters. The van der Waals surface area contributed by atoms with Crippen LogP contribution in [-0.4, -0.2) is 37.6 Å². The molecule has 1 aromatic carbocycles. The molecule has 0 bridgehead atoms. The van der Waals surface area contributed by atoms with Gasteiger partial charge in [0.1, 0.15) is 5.82 Å². The maximum absolute atomic E-state index is 13.1. The highest BCUT2D eigenvalue weighted by atomic mass is 35.5. The second-order valence-corrected chi connectivity index (χ2v) is 6.77. The van der Waals surface area contributed by atoms with Crippen molar-refractivity contribution in [3.63, 3.8) is 0 Å². The Balaban J connectivity index is 0.00000161. The van der Waals surface area contributed by atoms with Crippen molar-refractivity contribution in [1.29, 1.82) is 0 Å². The highest BCUT2D eigenvalue weighted by Crippen LogP contribution is 2.34. The van der Waals surface area contributed by atoms with E-state index >= 15 is 0 Å². The van der Waals surface area contributed by atoms with Crippen LogP contribution in [0.15, 0.2) is 24.3 Å². The number of nitrogens with one attached hydrogen (secondary N) is 1. The fourth-order valence-electron chi connectivity index (χ4n) is 3.75. The van der Waals surface area contributed by atoms with Gasteiger partial charge >= 0.3 is 0 Å². The highest BCUT2D eigenvalue weighted by molar-refractivity contribution is 5.85. The Kier molecular flexibility index (Phi) is 5.64. The van der Waals surface area contributed by atoms with Gasteiger partial charge in [0.15, 0.2) is 0 Å². The predicted molar refractivity (Wildman–Crippen MR) is 87.7 cm³/mol. The zero-order chi connectivity index (χ0) is 14.0. The lowest BCUT2D eigenvalue weighted by Crippen LogP contribution is -2.38. The van der Waals surface area contributed by atoms with Crippen LogP contribution in [-0.2, 0) is 5.41 Å². The summed E-state index contributed by atoms with van der Waals surface area (Å²) in [5.41, 5.74) is 1.47. The minimum Gasteiger partial charge on any atom is -0.316 e. The number of piperidine rings is 1. The summed E-state index contributed by atoms with van der Waals surface area (Å²) in [6.07, 6.45) is 3.85. The third-order valence-electron chi connectivity index (χ3n) is 5.01. The van der Waals surface area contributed by atoms with Crippen LogP contribution in [0.25, 0.3) is 0 Å². The van der Waals surface area contributed by atoms with Gasteiger partial charge in [-0.3, -0.25) is 0 Å². The first-order valence-corrected chi connectivity index (χ1v) is 7.85. The predicted octanol–water partition coefficient (Wildman–Crippen LogP) is 3.21. The number of benzene rings is 1. The summed E-state index contributed by atoms with van der Waals surface area (Å²) in [6.45, 7) is 8.16. The number of hydrogen-bond acceptors (Lipinski definition) is 2. The summed E-state index contributed by atoms with van der Waals surface area (Å²) >= 11 is 0. The van der Waals surface area contributed by atoms with Gasteiger partial charge in [0, 0.05) is 18.5 Å². The first-order valence-electron chi connectivity index (χ1n) is 7.85. The fraction of sp³-hybridized carbons (Fsp3) is 0.647. The highest BCUT2D eigenvalue weighted by Gasteiger charge is 2.35. The van der Waals surface area contributed by atoms with Crippen LogP contribution in [0.2, 0.25) is 0 Å². The van der Waals surface area contributed by atoms with E-state index < -0.39 is 0 Å². The average Bonchev–Trinajstić information content (AvgIpc) is 2.83. The van der Waals surface area contributed by atoms with Crippen molar-refractivity contribution in [2.45, 2.75) is 31.6 Å². The molecule has 3 rings (SSSR count). The molecule has 1 aromatic rings. The van der Waals surface area contributed by atoms with Crippen molar-refractivity contribution in [3.8, 4) is 0 Å². The summed E-state index contributed by atoms with van der Waals surface area (Å²) in [5, 5.41) is 3.50. The quantitative estimate of drug-likeness (QED) is 0.922. The van der Waals surface area contributed by atoms with E-state index in [-0.39, 0.29) is 23.6 Å². The fourth-order valence-corrected chi connectivity index (χ4v) is 3.75. The Morgan fingerprint density at radius 1 is 1.33 bits per heavy atom. The molecule has 0 aromatic heterocycles. The summed E-state index contributed by atoms with van der Waals surface area (Å²) in [5.74, 6) is 0.666. The van der Waals surface area contributed by atoms with Crippen LogP contribution in [0.4, 0.5) is 4.39 Å². The van der Waals surface area contributed by atoms with Gasteiger partial charge in [-0.15, -0.1) is 12.4 Å². The number of hydrogen-bond donors (Lipinski definition) is 1. The minimum absolute atomic E-state index is 0. The van der Waals surface area contributed by atoms with E-state index in [1.54, 1.807) is 12.1 Å². The number of nitrogens with zero attached hydrogens (tertiary/aromatic N) is 1. The van der Waals surface area contributed by atoms with Crippen LogP contribution in [0.5, 0.6) is 0 Å². The Labute approximate surface area is 133 Å². The van der Waals surface area contributed by atoms with Crippen molar-refractivity contribution in [1.82, 2.24) is 10.2 Å². The standard InChI is InChI=1S/C17H25FN2.ClH/c1-17(15-4-6-16(18)7-5-15)8-10-20(13-17)12-14-3-2-9-19-11-14;/h4-7,14,19H,2-3,8-13H2,1H3;1H. The van der Waals surface area contributed by atoms with E-state index in [2.05, 4.69) is 17.1 Å². The molecule has 2 atom stereocenters. The smallest absolute Gasteiger partial charge is 0.123 e. The average molecular weight is 313 g/mol. The van der Waals surface area contributed by atoms with E-state index in [1.165, 1.54) is 51.0 Å². The topological polar surface area (TPSA) is 15.3 Å². The summed E-state index contributed by atoms with van der Waals surface area (Å²) in [6, 6.07) is 7.10. The first-order chi connectivity index (χ1) is 9.66. The van der Waals surface area contributed by atoms with E-state index in [0.717, 1.165) is 12.5 Å². The molecule has 2 fully saturated rings. The lowest BCUT2D eigenvalue weighted by Gasteiger charge is -2.29. The molecule has 0 radical (unpaired) electrons. The molecule has 2 aliphatic heterocycles. The molecule has 21 heavy (non-hydrogen) atoms. The van der Waals surface area contributed by atoms with Gasteiger partial charge in [-0.2, -0.15) is 0 Å². The second kappa shape index (κ2) is 7.08. The molecule has 0 aliphatic carbocycles. The largest absolute Gasteiger partial charge is 0.316 e. The zero-order valence-corrected chi connectivity index (χ0v) is 13.6. The number of rotatable bonds is 3. The van der Waals surface area contributed by atoms with Crippen molar-refractivity contribution in [2.75, 3.05) is 32.7 Å². The van der Waals surface area contributed by atoms with Crippen LogP contribution >= 0.6 is 12.4 Å². The zero-order valence-electron chi connectivity index (χ0n) is 12.8. The third kappa shape index (κ3) is 3.97. The van der Waals surface area contributed by atoms with Gasteiger partial charge in [-0.1, -0.05) is 19.1 Å². The number of halogens is 2. The van der Waals surface area contributed by atoms with Gasteiger partial charge in [0.2, 0.25) is 0 Å². The molecule has 0 amide bonds. The molecule has 118 valence electrons. The molecule has 2 nitrogen and oxygen atoms in total. The Morgan fingerprint density at radius 3 is 2.76 bits per heavy atom. The summed E-state index contributed by atoms with van der Waals surface area (Å²) in [4.78, 5) is 2.60. The molecular weight excluding hydrogens is 287 g/mol. The summed E-state index contributed by atoms with van der Waals surface area (Å²) < 4.78 is 13.1. The van der Waals surface area contributed by atoms with Gasteiger partial charge in [0.25, 0.3) is 0 Å². The maximum atomic E-state index is 13.1. The Bertz CT molecular complexity index is 445. The van der Waals surface area contributed by atoms with Crippen molar-refractivity contribution < 1.29 is 4.39 Å². The summed E-state index contributed by atoms with van der Waals surface area (Å²) in [7, 11) is 0. The lowest BCUT2D eigenvalue weighted by atomic mass is 9.82. The maximum Gasteiger partial charge on any atom is 0.123 e. The molecule has 0 saturated carbocycles.